The highest BCUT2D eigenvalue weighted by atomic mass is 19.3. The number of amides is 1. The van der Waals surface area contributed by atoms with Crippen LogP contribution in [0.2, 0.25) is 0 Å². The molecule has 0 radical (unpaired) electrons. The molecule has 1 aliphatic rings. The molecular formula is C12H21F2N3O2. The lowest BCUT2D eigenvalue weighted by atomic mass is 9.86. The number of nitrogens with one attached hydrogen (secondary N) is 1. The van der Waals surface area contributed by atoms with Gasteiger partial charge in [-0.05, 0) is 25.7 Å². The van der Waals surface area contributed by atoms with Crippen molar-refractivity contribution in [2.45, 2.75) is 50.9 Å². The van der Waals surface area contributed by atoms with E-state index in [9.17, 15) is 13.6 Å². The summed E-state index contributed by atoms with van der Waals surface area (Å²) in [6.07, 6.45) is 2.00. The maximum atomic E-state index is 12.9. The van der Waals surface area contributed by atoms with Crippen molar-refractivity contribution in [3.05, 3.63) is 0 Å². The zero-order valence-corrected chi connectivity index (χ0v) is 10.9. The van der Waals surface area contributed by atoms with Crippen LogP contribution in [-0.2, 0) is 4.79 Å². The van der Waals surface area contributed by atoms with Crippen molar-refractivity contribution in [1.82, 2.24) is 5.32 Å². The van der Waals surface area contributed by atoms with Gasteiger partial charge in [-0.1, -0.05) is 5.16 Å². The van der Waals surface area contributed by atoms with Crippen LogP contribution in [0.25, 0.3) is 0 Å². The first-order valence-corrected chi connectivity index (χ1v) is 6.56. The summed E-state index contributed by atoms with van der Waals surface area (Å²) < 4.78 is 25.9. The summed E-state index contributed by atoms with van der Waals surface area (Å²) in [5, 5.41) is 13.9. The number of halogens is 2. The first-order valence-electron chi connectivity index (χ1n) is 6.56. The third-order valence-corrected chi connectivity index (χ3v) is 3.38. The Bertz CT molecular complexity index is 325. The quantitative estimate of drug-likeness (QED) is 0.227. The summed E-state index contributed by atoms with van der Waals surface area (Å²) in [7, 11) is 0. The summed E-state index contributed by atoms with van der Waals surface area (Å²) in [5.74, 6) is -2.86. The van der Waals surface area contributed by atoms with Gasteiger partial charge in [-0.25, -0.2) is 8.78 Å². The number of carbonyl (C=O) groups is 1. The molecule has 19 heavy (non-hydrogen) atoms. The predicted molar refractivity (Wildman–Crippen MR) is 67.2 cm³/mol. The van der Waals surface area contributed by atoms with Crippen LogP contribution in [0, 0.1) is 5.92 Å². The molecule has 0 bridgehead atoms. The Morgan fingerprint density at radius 1 is 1.37 bits per heavy atom. The predicted octanol–water partition coefficient (Wildman–Crippen LogP) is 1.84. The monoisotopic (exact) mass is 277 g/mol. The molecule has 0 aliphatic heterocycles. The van der Waals surface area contributed by atoms with Crippen LogP contribution >= 0.6 is 0 Å². The first-order chi connectivity index (χ1) is 8.94. The van der Waals surface area contributed by atoms with E-state index in [0.29, 0.717) is 25.8 Å². The Balaban J connectivity index is 2.12. The molecule has 1 fully saturated rings. The maximum Gasteiger partial charge on any atom is 0.248 e. The Morgan fingerprint density at radius 3 is 2.58 bits per heavy atom. The highest BCUT2D eigenvalue weighted by Crippen LogP contribution is 2.36. The lowest BCUT2D eigenvalue weighted by Gasteiger charge is -2.27. The largest absolute Gasteiger partial charge is 0.409 e. The van der Waals surface area contributed by atoms with Gasteiger partial charge in [0.05, 0.1) is 0 Å². The van der Waals surface area contributed by atoms with Crippen LogP contribution in [0.15, 0.2) is 5.16 Å². The topological polar surface area (TPSA) is 87.7 Å². The molecular weight excluding hydrogens is 256 g/mol. The summed E-state index contributed by atoms with van der Waals surface area (Å²) in [5.41, 5.74) is 5.30. The number of alkyl halides is 2. The summed E-state index contributed by atoms with van der Waals surface area (Å²) in [6, 6.07) is 0. The number of nitrogens with zero attached hydrogens (tertiary/aromatic N) is 1. The number of carbonyl (C=O) groups excluding carboxylic acids is 1. The molecule has 110 valence electrons. The minimum absolute atomic E-state index is 0.140. The van der Waals surface area contributed by atoms with Gasteiger partial charge in [0.1, 0.15) is 5.84 Å². The number of rotatable bonds is 6. The van der Waals surface area contributed by atoms with Crippen molar-refractivity contribution in [2.24, 2.45) is 16.8 Å². The minimum Gasteiger partial charge on any atom is -0.409 e. The molecule has 0 heterocycles. The minimum atomic E-state index is -2.60. The molecule has 0 aromatic heterocycles. The van der Waals surface area contributed by atoms with E-state index in [1.54, 1.807) is 0 Å². The third kappa shape index (κ3) is 5.85. The van der Waals surface area contributed by atoms with Crippen molar-refractivity contribution in [3.8, 4) is 0 Å². The number of amidine groups is 1. The molecule has 0 aromatic carbocycles. The van der Waals surface area contributed by atoms with Gasteiger partial charge in [-0.3, -0.25) is 4.79 Å². The molecule has 1 saturated carbocycles. The van der Waals surface area contributed by atoms with Crippen molar-refractivity contribution in [2.75, 3.05) is 6.54 Å². The van der Waals surface area contributed by atoms with Crippen LogP contribution < -0.4 is 11.1 Å². The van der Waals surface area contributed by atoms with Gasteiger partial charge in [0.15, 0.2) is 0 Å². The van der Waals surface area contributed by atoms with Gasteiger partial charge in [-0.15, -0.1) is 0 Å². The van der Waals surface area contributed by atoms with Crippen molar-refractivity contribution < 1.29 is 18.8 Å². The molecule has 7 heteroatoms. The molecule has 0 saturated heterocycles. The van der Waals surface area contributed by atoms with E-state index < -0.39 is 5.92 Å². The van der Waals surface area contributed by atoms with Crippen LogP contribution in [0.5, 0.6) is 0 Å². The van der Waals surface area contributed by atoms with E-state index in [4.69, 9.17) is 10.9 Å². The fraction of sp³-hybridized carbons (Fsp3) is 0.833. The summed E-state index contributed by atoms with van der Waals surface area (Å²) in [6.45, 7) is 0.491. The second kappa shape index (κ2) is 7.25. The van der Waals surface area contributed by atoms with Crippen LogP contribution in [0.1, 0.15) is 44.9 Å². The third-order valence-electron chi connectivity index (χ3n) is 3.38. The van der Waals surface area contributed by atoms with E-state index in [-0.39, 0.29) is 43.3 Å². The lowest BCUT2D eigenvalue weighted by Crippen LogP contribution is -2.36. The Morgan fingerprint density at radius 2 is 2.00 bits per heavy atom. The SMILES string of the molecule is NC(CCCCNC(=O)C1CCC(F)(F)CC1)=NO. The van der Waals surface area contributed by atoms with E-state index >= 15 is 0 Å². The van der Waals surface area contributed by atoms with Crippen LogP contribution in [-0.4, -0.2) is 29.4 Å². The molecule has 0 spiro atoms. The average Bonchev–Trinajstić information content (AvgIpc) is 2.37. The Labute approximate surface area is 111 Å². The second-order valence-electron chi connectivity index (χ2n) is 4.97. The van der Waals surface area contributed by atoms with Crippen LogP contribution in [0.3, 0.4) is 0 Å². The molecule has 0 unspecified atom stereocenters. The normalized spacial score (nSPS) is 20.2. The van der Waals surface area contributed by atoms with Crippen molar-refractivity contribution in [3.63, 3.8) is 0 Å². The number of hydrogen-bond donors (Lipinski definition) is 3. The van der Waals surface area contributed by atoms with E-state index in [2.05, 4.69) is 10.5 Å². The van der Waals surface area contributed by atoms with Crippen LogP contribution in [0.4, 0.5) is 8.78 Å². The Hall–Kier alpha value is -1.40. The molecule has 1 amide bonds. The zero-order valence-electron chi connectivity index (χ0n) is 10.9. The highest BCUT2D eigenvalue weighted by Gasteiger charge is 2.37. The van der Waals surface area contributed by atoms with Gasteiger partial charge in [0.25, 0.3) is 0 Å². The molecule has 5 nitrogen and oxygen atoms in total. The van der Waals surface area contributed by atoms with Gasteiger partial charge in [-0.2, -0.15) is 0 Å². The van der Waals surface area contributed by atoms with E-state index in [0.717, 1.165) is 0 Å². The van der Waals surface area contributed by atoms with Gasteiger partial charge >= 0.3 is 0 Å². The first kappa shape index (κ1) is 15.7. The van der Waals surface area contributed by atoms with E-state index in [1.807, 2.05) is 0 Å². The van der Waals surface area contributed by atoms with Crippen molar-refractivity contribution in [1.29, 1.82) is 0 Å². The number of oxime groups is 1. The average molecular weight is 277 g/mol. The lowest BCUT2D eigenvalue weighted by molar-refractivity contribution is -0.129. The van der Waals surface area contributed by atoms with Gasteiger partial charge in [0, 0.05) is 31.7 Å². The Kier molecular flexibility index (Phi) is 5.98. The molecule has 4 N–H and O–H groups in total. The standard InChI is InChI=1S/C12H21F2N3O2/c13-12(14)6-4-9(5-7-12)11(18)16-8-2-1-3-10(15)17-19/h9,19H,1-8H2,(H2,15,17)(H,16,18). The summed E-state index contributed by atoms with van der Waals surface area (Å²) in [4.78, 5) is 11.7. The smallest absolute Gasteiger partial charge is 0.248 e. The molecule has 0 atom stereocenters. The second-order valence-corrected chi connectivity index (χ2v) is 4.97. The van der Waals surface area contributed by atoms with Gasteiger partial charge in [0.2, 0.25) is 11.8 Å². The number of hydrogen-bond acceptors (Lipinski definition) is 3. The zero-order chi connectivity index (χ0) is 14.3. The highest BCUT2D eigenvalue weighted by molar-refractivity contribution is 5.79. The number of nitrogens with two attached hydrogens (primary N) is 1. The number of unbranched alkanes of at least 4 members (excludes halogenated alkanes) is 1. The fourth-order valence-corrected chi connectivity index (χ4v) is 2.14. The maximum absolute atomic E-state index is 12.9. The van der Waals surface area contributed by atoms with Crippen molar-refractivity contribution >= 4 is 11.7 Å². The van der Waals surface area contributed by atoms with E-state index in [1.165, 1.54) is 0 Å². The molecule has 0 aromatic rings. The molecule has 1 aliphatic carbocycles. The van der Waals surface area contributed by atoms with Gasteiger partial charge < -0.3 is 16.3 Å². The fourth-order valence-electron chi connectivity index (χ4n) is 2.14. The molecule has 1 rings (SSSR count). The summed E-state index contributed by atoms with van der Waals surface area (Å²) >= 11 is 0.